The third-order valence-corrected chi connectivity index (χ3v) is 3.82. The Hall–Kier alpha value is -1.59. The second-order valence-corrected chi connectivity index (χ2v) is 5.00. The molecule has 0 saturated heterocycles. The van der Waals surface area contributed by atoms with Gasteiger partial charge in [-0.15, -0.1) is 11.3 Å². The number of hydrogen-bond donors (Lipinski definition) is 1. The Kier molecular flexibility index (Phi) is 2.31. The van der Waals surface area contributed by atoms with Gasteiger partial charge in [0.15, 0.2) is 4.96 Å². The van der Waals surface area contributed by atoms with Crippen molar-refractivity contribution in [2.75, 3.05) is 0 Å². The first-order chi connectivity index (χ1) is 8.20. The number of fused-ring (bicyclic) bond motifs is 1. The minimum Gasteiger partial charge on any atom is -0.349 e. The average molecular weight is 246 g/mol. The van der Waals surface area contributed by atoms with Crippen LogP contribution in [0.2, 0.25) is 0 Å². The number of hydrogen-bond acceptors (Lipinski definition) is 3. The van der Waals surface area contributed by atoms with Crippen molar-refractivity contribution >= 4 is 16.3 Å². The van der Waals surface area contributed by atoms with Crippen LogP contribution in [0.15, 0.2) is 23.8 Å². The monoisotopic (exact) mass is 246 g/mol. The molecule has 2 N–H and O–H groups in total. The lowest BCUT2D eigenvalue weighted by molar-refractivity contribution is 0.925. The van der Waals surface area contributed by atoms with Crippen molar-refractivity contribution in [3.05, 3.63) is 35.1 Å². The molecule has 0 aliphatic carbocycles. The van der Waals surface area contributed by atoms with Crippen LogP contribution in [0.4, 0.5) is 0 Å². The summed E-state index contributed by atoms with van der Waals surface area (Å²) in [6.45, 7) is 2.61. The first-order valence-corrected chi connectivity index (χ1v) is 6.36. The van der Waals surface area contributed by atoms with Crippen molar-refractivity contribution in [2.24, 2.45) is 12.8 Å². The lowest BCUT2D eigenvalue weighted by Crippen LogP contribution is -1.96. The molecule has 0 saturated carbocycles. The van der Waals surface area contributed by atoms with Gasteiger partial charge in [-0.3, -0.25) is 4.40 Å². The van der Waals surface area contributed by atoms with E-state index in [1.165, 1.54) is 17.0 Å². The van der Waals surface area contributed by atoms with Crippen molar-refractivity contribution in [1.29, 1.82) is 0 Å². The number of imidazole rings is 1. The topological polar surface area (TPSA) is 48.2 Å². The van der Waals surface area contributed by atoms with E-state index >= 15 is 0 Å². The molecule has 0 atom stereocenters. The zero-order chi connectivity index (χ0) is 12.0. The van der Waals surface area contributed by atoms with Crippen LogP contribution in [0, 0.1) is 6.92 Å². The SMILES string of the molecule is Cc1ccn(C)c1-c1csc2nc(CN)cn12. The van der Waals surface area contributed by atoms with Gasteiger partial charge in [-0.2, -0.15) is 0 Å². The van der Waals surface area contributed by atoms with E-state index in [0.717, 1.165) is 10.7 Å². The number of rotatable bonds is 2. The summed E-state index contributed by atoms with van der Waals surface area (Å²) >= 11 is 1.65. The van der Waals surface area contributed by atoms with E-state index in [2.05, 4.69) is 45.6 Å². The summed E-state index contributed by atoms with van der Waals surface area (Å²) in [5.74, 6) is 0. The summed E-state index contributed by atoms with van der Waals surface area (Å²) in [5.41, 5.74) is 10.2. The molecule has 4 nitrogen and oxygen atoms in total. The summed E-state index contributed by atoms with van der Waals surface area (Å²) in [6, 6.07) is 2.12. The predicted molar refractivity (Wildman–Crippen MR) is 70.1 cm³/mol. The molecule has 0 aliphatic heterocycles. The van der Waals surface area contributed by atoms with Gasteiger partial charge in [-0.25, -0.2) is 4.98 Å². The third-order valence-electron chi connectivity index (χ3n) is 2.99. The second-order valence-electron chi connectivity index (χ2n) is 4.17. The van der Waals surface area contributed by atoms with Crippen LogP contribution < -0.4 is 5.73 Å². The first-order valence-electron chi connectivity index (χ1n) is 5.48. The smallest absolute Gasteiger partial charge is 0.194 e. The molecule has 0 radical (unpaired) electrons. The van der Waals surface area contributed by atoms with E-state index in [-0.39, 0.29) is 0 Å². The standard InChI is InChI=1S/C12H14N4S/c1-8-3-4-15(2)11(8)10-7-17-12-14-9(5-13)6-16(10)12/h3-4,6-7H,5,13H2,1-2H3. The number of aromatic nitrogens is 3. The zero-order valence-corrected chi connectivity index (χ0v) is 10.7. The van der Waals surface area contributed by atoms with E-state index < -0.39 is 0 Å². The highest BCUT2D eigenvalue weighted by Crippen LogP contribution is 2.28. The number of aryl methyl sites for hydroxylation is 2. The van der Waals surface area contributed by atoms with Gasteiger partial charge in [0.2, 0.25) is 0 Å². The highest BCUT2D eigenvalue weighted by molar-refractivity contribution is 7.15. The number of nitrogens with zero attached hydrogens (tertiary/aromatic N) is 3. The Balaban J connectivity index is 2.27. The van der Waals surface area contributed by atoms with E-state index in [9.17, 15) is 0 Å². The van der Waals surface area contributed by atoms with Crippen LogP contribution >= 0.6 is 11.3 Å². The molecule has 0 aliphatic rings. The maximum absolute atomic E-state index is 5.63. The van der Waals surface area contributed by atoms with E-state index in [1.807, 2.05) is 6.20 Å². The molecule has 3 aromatic rings. The zero-order valence-electron chi connectivity index (χ0n) is 9.84. The van der Waals surface area contributed by atoms with Crippen LogP contribution in [-0.2, 0) is 13.6 Å². The molecule has 0 bridgehead atoms. The maximum atomic E-state index is 5.63. The molecule has 17 heavy (non-hydrogen) atoms. The van der Waals surface area contributed by atoms with Gasteiger partial charge in [0, 0.05) is 31.4 Å². The van der Waals surface area contributed by atoms with Crippen LogP contribution in [0.1, 0.15) is 11.3 Å². The molecule has 3 heterocycles. The van der Waals surface area contributed by atoms with Gasteiger partial charge in [0.1, 0.15) is 0 Å². The Morgan fingerprint density at radius 1 is 1.47 bits per heavy atom. The van der Waals surface area contributed by atoms with E-state index in [1.54, 1.807) is 11.3 Å². The highest BCUT2D eigenvalue weighted by Gasteiger charge is 2.13. The Morgan fingerprint density at radius 2 is 2.29 bits per heavy atom. The van der Waals surface area contributed by atoms with Crippen molar-refractivity contribution in [1.82, 2.24) is 14.0 Å². The van der Waals surface area contributed by atoms with Crippen LogP contribution in [0.5, 0.6) is 0 Å². The minimum atomic E-state index is 0.486. The minimum absolute atomic E-state index is 0.486. The fourth-order valence-corrected chi connectivity index (χ4v) is 3.01. The fraction of sp³-hybridized carbons (Fsp3) is 0.250. The van der Waals surface area contributed by atoms with Gasteiger partial charge in [0.25, 0.3) is 0 Å². The predicted octanol–water partition coefficient (Wildman–Crippen LogP) is 2.17. The summed E-state index contributed by atoms with van der Waals surface area (Å²) < 4.78 is 4.26. The second kappa shape index (κ2) is 3.72. The lowest BCUT2D eigenvalue weighted by Gasteiger charge is -2.03. The van der Waals surface area contributed by atoms with Gasteiger partial charge in [-0.05, 0) is 18.6 Å². The summed E-state index contributed by atoms with van der Waals surface area (Å²) in [6.07, 6.45) is 4.10. The molecule has 3 aromatic heterocycles. The molecule has 0 unspecified atom stereocenters. The maximum Gasteiger partial charge on any atom is 0.194 e. The fourth-order valence-electron chi connectivity index (χ4n) is 2.14. The normalized spacial score (nSPS) is 11.5. The highest BCUT2D eigenvalue weighted by atomic mass is 32.1. The van der Waals surface area contributed by atoms with Crippen LogP contribution in [0.25, 0.3) is 16.3 Å². The largest absolute Gasteiger partial charge is 0.349 e. The van der Waals surface area contributed by atoms with Gasteiger partial charge < -0.3 is 10.3 Å². The molecule has 5 heteroatoms. The quantitative estimate of drug-likeness (QED) is 0.753. The van der Waals surface area contributed by atoms with Crippen molar-refractivity contribution in [2.45, 2.75) is 13.5 Å². The molecule has 3 rings (SSSR count). The molecule has 0 aromatic carbocycles. The molecule has 0 amide bonds. The van der Waals surface area contributed by atoms with Crippen molar-refractivity contribution in [3.8, 4) is 11.4 Å². The number of nitrogens with two attached hydrogens (primary N) is 1. The summed E-state index contributed by atoms with van der Waals surface area (Å²) in [7, 11) is 2.06. The molecular weight excluding hydrogens is 232 g/mol. The third kappa shape index (κ3) is 1.50. The van der Waals surface area contributed by atoms with Gasteiger partial charge in [-0.1, -0.05) is 0 Å². The molecule has 0 fully saturated rings. The van der Waals surface area contributed by atoms with Crippen molar-refractivity contribution < 1.29 is 0 Å². The first kappa shape index (κ1) is 10.6. The van der Waals surface area contributed by atoms with Gasteiger partial charge >= 0.3 is 0 Å². The molecule has 0 spiro atoms. The van der Waals surface area contributed by atoms with Gasteiger partial charge in [0.05, 0.1) is 17.1 Å². The summed E-state index contributed by atoms with van der Waals surface area (Å²) in [5, 5.41) is 2.14. The van der Waals surface area contributed by atoms with Crippen molar-refractivity contribution in [3.63, 3.8) is 0 Å². The Bertz CT molecular complexity index is 654. The Labute approximate surface area is 103 Å². The van der Waals surface area contributed by atoms with Crippen LogP contribution in [0.3, 0.4) is 0 Å². The molecular formula is C12H14N4S. The van der Waals surface area contributed by atoms with E-state index in [0.29, 0.717) is 6.54 Å². The number of thiazole rings is 1. The lowest BCUT2D eigenvalue weighted by atomic mass is 10.2. The summed E-state index contributed by atoms with van der Waals surface area (Å²) in [4.78, 5) is 5.47. The average Bonchev–Trinajstić information content (AvgIpc) is 2.95. The molecule has 88 valence electrons. The van der Waals surface area contributed by atoms with E-state index in [4.69, 9.17) is 5.73 Å². The Morgan fingerprint density at radius 3 is 2.94 bits per heavy atom. The van der Waals surface area contributed by atoms with Crippen LogP contribution in [-0.4, -0.2) is 14.0 Å².